The van der Waals surface area contributed by atoms with Crippen molar-refractivity contribution < 1.29 is 0 Å². The van der Waals surface area contributed by atoms with Gasteiger partial charge in [-0.2, -0.15) is 10.4 Å². The number of likely N-dealkylation sites (N-methyl/N-ethyl adjacent to an activating group) is 1. The Morgan fingerprint density at radius 3 is 2.84 bits per heavy atom. The van der Waals surface area contributed by atoms with Gasteiger partial charge in [0.05, 0.1) is 23.4 Å². The second-order valence-corrected chi connectivity index (χ2v) is 8.33. The number of pyridine rings is 1. The molecule has 7 heteroatoms. The van der Waals surface area contributed by atoms with E-state index in [0.717, 1.165) is 58.7 Å². The van der Waals surface area contributed by atoms with Gasteiger partial charge in [-0.25, -0.2) is 4.98 Å². The monoisotopic (exact) mass is 415 g/mol. The van der Waals surface area contributed by atoms with E-state index in [1.54, 1.807) is 0 Å². The summed E-state index contributed by atoms with van der Waals surface area (Å²) in [7, 11) is 2.11. The lowest BCUT2D eigenvalue weighted by molar-refractivity contribution is 0.443. The molecule has 31 heavy (non-hydrogen) atoms. The van der Waals surface area contributed by atoms with Gasteiger partial charge in [-0.3, -0.25) is 0 Å². The van der Waals surface area contributed by atoms with Crippen LogP contribution in [-0.4, -0.2) is 41.4 Å². The van der Waals surface area contributed by atoms with Crippen molar-refractivity contribution in [2.75, 3.05) is 30.4 Å². The molecule has 1 fully saturated rings. The summed E-state index contributed by atoms with van der Waals surface area (Å²) in [5.74, 6) is 1.67. The molecule has 0 saturated carbocycles. The molecular weight excluding hydrogens is 386 g/mol. The first-order valence-corrected chi connectivity index (χ1v) is 10.8. The predicted molar refractivity (Wildman–Crippen MR) is 124 cm³/mol. The molecule has 0 amide bonds. The van der Waals surface area contributed by atoms with E-state index in [2.05, 4.69) is 57.9 Å². The molecule has 1 saturated heterocycles. The molecule has 0 bridgehead atoms. The number of nitrogens with one attached hydrogen (secondary N) is 2. The fourth-order valence-corrected chi connectivity index (χ4v) is 4.34. The van der Waals surface area contributed by atoms with Crippen LogP contribution in [0.2, 0.25) is 0 Å². The van der Waals surface area contributed by atoms with Gasteiger partial charge in [0.1, 0.15) is 5.82 Å². The van der Waals surface area contributed by atoms with Crippen LogP contribution < -0.4 is 15.5 Å². The molecule has 2 aromatic heterocycles. The molecule has 3 heterocycles. The van der Waals surface area contributed by atoms with Gasteiger partial charge in [0.15, 0.2) is 5.82 Å². The number of rotatable bonds is 5. The first-order chi connectivity index (χ1) is 15.0. The van der Waals surface area contributed by atoms with Gasteiger partial charge in [-0.15, -0.1) is 5.10 Å². The third kappa shape index (κ3) is 4.17. The zero-order valence-corrected chi connectivity index (χ0v) is 18.6. The molecule has 0 spiro atoms. The minimum absolute atomic E-state index is 0.0228. The van der Waals surface area contributed by atoms with Crippen LogP contribution in [0.4, 0.5) is 11.6 Å². The summed E-state index contributed by atoms with van der Waals surface area (Å²) in [6.07, 6.45) is 4.24. The van der Waals surface area contributed by atoms with Crippen LogP contribution in [0.25, 0.3) is 10.8 Å². The molecule has 0 aliphatic carbocycles. The summed E-state index contributed by atoms with van der Waals surface area (Å²) in [6.45, 7) is 8.08. The maximum absolute atomic E-state index is 9.37. The first kappa shape index (κ1) is 21.0. The smallest absolute Gasteiger partial charge is 0.157 e. The third-order valence-electron chi connectivity index (χ3n) is 6.33. The minimum atomic E-state index is -0.0228. The average Bonchev–Trinajstić information content (AvgIpc) is 2.81. The van der Waals surface area contributed by atoms with Gasteiger partial charge in [0, 0.05) is 36.6 Å². The number of fused-ring (bicyclic) bond motifs is 1. The Morgan fingerprint density at radius 1 is 1.26 bits per heavy atom. The lowest BCUT2D eigenvalue weighted by Crippen LogP contribution is -2.44. The molecular formula is C24H29N7. The van der Waals surface area contributed by atoms with Crippen molar-refractivity contribution in [1.29, 1.82) is 5.26 Å². The zero-order valence-electron chi connectivity index (χ0n) is 18.6. The van der Waals surface area contributed by atoms with Gasteiger partial charge in [-0.1, -0.05) is 12.1 Å². The molecule has 7 nitrogen and oxygen atoms in total. The molecule has 160 valence electrons. The normalized spacial score (nSPS) is 17.2. The second kappa shape index (κ2) is 8.86. The van der Waals surface area contributed by atoms with Crippen LogP contribution >= 0.6 is 0 Å². The number of piperidine rings is 1. The van der Waals surface area contributed by atoms with Gasteiger partial charge in [0.25, 0.3) is 0 Å². The molecule has 1 aliphatic heterocycles. The van der Waals surface area contributed by atoms with Gasteiger partial charge in [-0.05, 0) is 63.4 Å². The van der Waals surface area contributed by atoms with Crippen LogP contribution in [0.3, 0.4) is 0 Å². The SMILES string of the molecule is Cc1c(C#N)cccc1[C@@H](C)Nc1nnc(C)c2cnc(N(C)[C@@H]3CCCNC3)cc12. The fourth-order valence-electron chi connectivity index (χ4n) is 4.34. The molecule has 2 N–H and O–H groups in total. The number of hydrogen-bond acceptors (Lipinski definition) is 7. The van der Waals surface area contributed by atoms with E-state index >= 15 is 0 Å². The van der Waals surface area contributed by atoms with Crippen molar-refractivity contribution in [3.8, 4) is 6.07 Å². The van der Waals surface area contributed by atoms with Crippen molar-refractivity contribution in [3.05, 3.63) is 52.8 Å². The van der Waals surface area contributed by atoms with Gasteiger partial charge in [0.2, 0.25) is 0 Å². The average molecular weight is 416 g/mol. The van der Waals surface area contributed by atoms with E-state index in [0.29, 0.717) is 11.6 Å². The molecule has 4 rings (SSSR count). The maximum Gasteiger partial charge on any atom is 0.157 e. The molecule has 1 aliphatic rings. The van der Waals surface area contributed by atoms with Crippen molar-refractivity contribution in [2.24, 2.45) is 0 Å². The number of hydrogen-bond donors (Lipinski definition) is 2. The highest BCUT2D eigenvalue weighted by atomic mass is 15.2. The molecule has 2 atom stereocenters. The topological polar surface area (TPSA) is 89.8 Å². The Balaban J connectivity index is 1.69. The van der Waals surface area contributed by atoms with E-state index in [9.17, 15) is 5.26 Å². The van der Waals surface area contributed by atoms with E-state index in [4.69, 9.17) is 4.98 Å². The maximum atomic E-state index is 9.37. The second-order valence-electron chi connectivity index (χ2n) is 8.33. The Labute approximate surface area is 183 Å². The molecule has 3 aromatic rings. The van der Waals surface area contributed by atoms with Crippen LogP contribution in [-0.2, 0) is 0 Å². The summed E-state index contributed by atoms with van der Waals surface area (Å²) in [6, 6.07) is 10.6. The van der Waals surface area contributed by atoms with E-state index < -0.39 is 0 Å². The van der Waals surface area contributed by atoms with Crippen LogP contribution in [0.1, 0.15) is 48.2 Å². The molecule has 1 aromatic carbocycles. The Morgan fingerprint density at radius 2 is 2.10 bits per heavy atom. The number of nitrogens with zero attached hydrogens (tertiary/aromatic N) is 5. The number of aryl methyl sites for hydroxylation is 1. The summed E-state index contributed by atoms with van der Waals surface area (Å²) in [5.41, 5.74) is 3.62. The number of nitriles is 1. The van der Waals surface area contributed by atoms with E-state index in [1.807, 2.05) is 32.2 Å². The molecule has 0 unspecified atom stereocenters. The van der Waals surface area contributed by atoms with Gasteiger partial charge >= 0.3 is 0 Å². The largest absolute Gasteiger partial charge is 0.362 e. The standard InChI is InChI=1S/C24H29N7/c1-15-18(12-25)7-5-9-20(15)16(2)28-24-21-11-23(27-14-22(21)17(3)29-30-24)31(4)19-8-6-10-26-13-19/h5,7,9,11,14,16,19,26H,6,8,10,13H2,1-4H3,(H,28,30)/t16-,19-/m1/s1. The lowest BCUT2D eigenvalue weighted by Gasteiger charge is -2.32. The zero-order chi connectivity index (χ0) is 22.0. The van der Waals surface area contributed by atoms with Crippen molar-refractivity contribution >= 4 is 22.4 Å². The highest BCUT2D eigenvalue weighted by Crippen LogP contribution is 2.30. The van der Waals surface area contributed by atoms with Crippen LogP contribution in [0.15, 0.2) is 30.5 Å². The fraction of sp³-hybridized carbons (Fsp3) is 0.417. The number of benzene rings is 1. The summed E-state index contributed by atoms with van der Waals surface area (Å²) in [4.78, 5) is 6.98. The third-order valence-corrected chi connectivity index (χ3v) is 6.33. The van der Waals surface area contributed by atoms with E-state index in [-0.39, 0.29) is 6.04 Å². The lowest BCUT2D eigenvalue weighted by atomic mass is 9.98. The Bertz CT molecular complexity index is 1130. The summed E-state index contributed by atoms with van der Waals surface area (Å²) in [5, 5.41) is 27.2. The summed E-state index contributed by atoms with van der Waals surface area (Å²) < 4.78 is 0. The quantitative estimate of drug-likeness (QED) is 0.654. The van der Waals surface area contributed by atoms with Crippen LogP contribution in [0, 0.1) is 25.2 Å². The van der Waals surface area contributed by atoms with E-state index in [1.165, 1.54) is 6.42 Å². The first-order valence-electron chi connectivity index (χ1n) is 10.8. The minimum Gasteiger partial charge on any atom is -0.362 e. The number of anilines is 2. The Hall–Kier alpha value is -3.24. The highest BCUT2D eigenvalue weighted by Gasteiger charge is 2.20. The number of aromatic nitrogens is 3. The predicted octanol–water partition coefficient (Wildman–Crippen LogP) is 3.87. The van der Waals surface area contributed by atoms with Crippen molar-refractivity contribution in [2.45, 2.75) is 45.7 Å². The van der Waals surface area contributed by atoms with Gasteiger partial charge < -0.3 is 15.5 Å². The summed E-state index contributed by atoms with van der Waals surface area (Å²) >= 11 is 0. The Kier molecular flexibility index (Phi) is 6.01. The molecule has 0 radical (unpaired) electrons. The van der Waals surface area contributed by atoms with Crippen molar-refractivity contribution in [1.82, 2.24) is 20.5 Å². The highest BCUT2D eigenvalue weighted by molar-refractivity contribution is 5.94. The van der Waals surface area contributed by atoms with Crippen molar-refractivity contribution in [3.63, 3.8) is 0 Å². The van der Waals surface area contributed by atoms with Crippen LogP contribution in [0.5, 0.6) is 0 Å².